The lowest BCUT2D eigenvalue weighted by Gasteiger charge is -2.11. The fourth-order valence-electron chi connectivity index (χ4n) is 2.32. The summed E-state index contributed by atoms with van der Waals surface area (Å²) in [6.45, 7) is 0. The van der Waals surface area contributed by atoms with E-state index in [-0.39, 0.29) is 5.95 Å². The van der Waals surface area contributed by atoms with Crippen molar-refractivity contribution < 1.29 is 14.9 Å². The van der Waals surface area contributed by atoms with Crippen molar-refractivity contribution in [3.63, 3.8) is 0 Å². The van der Waals surface area contributed by atoms with Gasteiger partial charge in [-0.3, -0.25) is 9.78 Å². The molecule has 0 aliphatic carbocycles. The van der Waals surface area contributed by atoms with Gasteiger partial charge in [-0.05, 0) is 12.0 Å². The van der Waals surface area contributed by atoms with E-state index in [1.54, 1.807) is 6.33 Å². The van der Waals surface area contributed by atoms with Crippen LogP contribution >= 0.6 is 0 Å². The summed E-state index contributed by atoms with van der Waals surface area (Å²) in [6.07, 6.45) is 1.91. The number of rotatable bonds is 4. The second-order valence-corrected chi connectivity index (χ2v) is 4.70. The summed E-state index contributed by atoms with van der Waals surface area (Å²) in [5.41, 5.74) is 8.03. The summed E-state index contributed by atoms with van der Waals surface area (Å²) in [6, 6.07) is 9.41. The van der Waals surface area contributed by atoms with Crippen LogP contribution in [0.3, 0.4) is 0 Å². The number of aromatic nitrogens is 4. The van der Waals surface area contributed by atoms with Gasteiger partial charge in [0.2, 0.25) is 0 Å². The van der Waals surface area contributed by atoms with Crippen LogP contribution in [0.1, 0.15) is 17.2 Å². The molecule has 0 saturated heterocycles. The van der Waals surface area contributed by atoms with Crippen molar-refractivity contribution in [3.8, 4) is 0 Å². The third-order valence-corrected chi connectivity index (χ3v) is 3.29. The molecule has 0 spiro atoms. The number of aliphatic carboxylic acids is 1. The molecule has 3 rings (SSSR count). The molecule has 7 heteroatoms. The Bertz CT molecular complexity index is 784. The molecule has 1 atom stereocenters. The first kappa shape index (κ1) is 13.0. The summed E-state index contributed by atoms with van der Waals surface area (Å²) in [5, 5.41) is 9.55. The van der Waals surface area contributed by atoms with Crippen LogP contribution in [-0.4, -0.2) is 26.0 Å². The van der Waals surface area contributed by atoms with Gasteiger partial charge in [0.15, 0.2) is 11.8 Å². The van der Waals surface area contributed by atoms with Crippen LogP contribution in [0.2, 0.25) is 0 Å². The Morgan fingerprint density at radius 2 is 2.10 bits per heavy atom. The molecule has 21 heavy (non-hydrogen) atoms. The molecule has 5 N–H and O–H groups in total. The van der Waals surface area contributed by atoms with Gasteiger partial charge in [0.05, 0.1) is 0 Å². The maximum Gasteiger partial charge on any atom is 0.313 e. The number of aromatic amines is 2. The lowest BCUT2D eigenvalue weighted by Crippen LogP contribution is -2.18. The summed E-state index contributed by atoms with van der Waals surface area (Å²) in [7, 11) is 0. The summed E-state index contributed by atoms with van der Waals surface area (Å²) < 4.78 is 0. The Kier molecular flexibility index (Phi) is 3.23. The average Bonchev–Trinajstić information content (AvgIpc) is 2.93. The third kappa shape index (κ3) is 2.53. The van der Waals surface area contributed by atoms with E-state index < -0.39 is 11.9 Å². The molecule has 0 bridgehead atoms. The Labute approximate surface area is 119 Å². The molecule has 106 valence electrons. The Balaban J connectivity index is 2.07. The molecule has 2 aromatic heterocycles. The van der Waals surface area contributed by atoms with Crippen LogP contribution in [0.15, 0.2) is 36.7 Å². The second kappa shape index (κ2) is 5.20. The smallest absolute Gasteiger partial charge is 0.313 e. The molecule has 1 unspecified atom stereocenters. The van der Waals surface area contributed by atoms with E-state index in [0.717, 1.165) is 5.56 Å². The highest BCUT2D eigenvalue weighted by Gasteiger charge is 2.28. The second-order valence-electron chi connectivity index (χ2n) is 4.70. The molecule has 0 saturated carbocycles. The van der Waals surface area contributed by atoms with Gasteiger partial charge in [0.1, 0.15) is 11.6 Å². The summed E-state index contributed by atoms with van der Waals surface area (Å²) >= 11 is 0. The van der Waals surface area contributed by atoms with Crippen molar-refractivity contribution in [1.82, 2.24) is 15.0 Å². The minimum Gasteiger partial charge on any atom is -0.481 e. The van der Waals surface area contributed by atoms with E-state index in [4.69, 9.17) is 5.73 Å². The number of H-pyrrole nitrogens is 2. The molecule has 0 fully saturated rings. The number of nitrogens with two attached hydrogens (primary N) is 1. The molecular formula is C14H14N5O2+. The number of carbonyl (C=O) groups is 1. The lowest BCUT2D eigenvalue weighted by atomic mass is 9.95. The highest BCUT2D eigenvalue weighted by Crippen LogP contribution is 2.24. The monoisotopic (exact) mass is 284 g/mol. The predicted molar refractivity (Wildman–Crippen MR) is 75.4 cm³/mol. The molecule has 0 aliphatic rings. The number of hydrogen-bond acceptors (Lipinski definition) is 4. The SMILES string of the molecule is Nc1nc(C(Cc2ccccc2)C(=O)O)c2[nH]c[nH+]c2n1. The number of fused-ring (bicyclic) bond motifs is 1. The van der Waals surface area contributed by atoms with Gasteiger partial charge >= 0.3 is 11.6 Å². The summed E-state index contributed by atoms with van der Waals surface area (Å²) in [4.78, 5) is 25.6. The van der Waals surface area contributed by atoms with Gasteiger partial charge in [-0.2, -0.15) is 4.98 Å². The molecule has 0 aliphatic heterocycles. The number of imidazole rings is 1. The van der Waals surface area contributed by atoms with Crippen LogP contribution in [-0.2, 0) is 11.2 Å². The van der Waals surface area contributed by atoms with Crippen LogP contribution in [0, 0.1) is 0 Å². The predicted octanol–water partition coefficient (Wildman–Crippen LogP) is 0.765. The Morgan fingerprint density at radius 3 is 2.81 bits per heavy atom. The van der Waals surface area contributed by atoms with Gasteiger partial charge in [-0.25, -0.2) is 4.98 Å². The maximum atomic E-state index is 11.7. The fraction of sp³-hybridized carbons (Fsp3) is 0.143. The number of nitrogens with zero attached hydrogens (tertiary/aromatic N) is 2. The molecule has 0 radical (unpaired) electrons. The van der Waals surface area contributed by atoms with Gasteiger partial charge in [0.25, 0.3) is 5.95 Å². The molecule has 1 aromatic carbocycles. The van der Waals surface area contributed by atoms with Crippen molar-refractivity contribution in [1.29, 1.82) is 0 Å². The standard InChI is InChI=1S/C14H13N5O2/c15-14-18-10(11-12(19-14)17-7-16-11)9(13(20)21)6-8-4-2-1-3-5-8/h1-5,7,9H,6H2,(H,20,21)(H3,15,16,17,18,19)/p+1. The molecule has 7 nitrogen and oxygen atoms in total. The number of nitrogen functional groups attached to an aromatic ring is 1. The van der Waals surface area contributed by atoms with E-state index in [1.165, 1.54) is 0 Å². The van der Waals surface area contributed by atoms with Crippen molar-refractivity contribution >= 4 is 23.1 Å². The molecule has 3 aromatic rings. The van der Waals surface area contributed by atoms with Crippen molar-refractivity contribution in [2.75, 3.05) is 5.73 Å². The van der Waals surface area contributed by atoms with Gasteiger partial charge in [0, 0.05) is 0 Å². The molecular weight excluding hydrogens is 270 g/mol. The number of hydrogen-bond donors (Lipinski definition) is 3. The fourth-order valence-corrected chi connectivity index (χ4v) is 2.32. The van der Waals surface area contributed by atoms with E-state index >= 15 is 0 Å². The van der Waals surface area contributed by atoms with Crippen LogP contribution in [0.5, 0.6) is 0 Å². The quantitative estimate of drug-likeness (QED) is 0.653. The third-order valence-electron chi connectivity index (χ3n) is 3.29. The molecule has 2 heterocycles. The zero-order valence-corrected chi connectivity index (χ0v) is 11.1. The first-order valence-electron chi connectivity index (χ1n) is 6.44. The zero-order valence-electron chi connectivity index (χ0n) is 11.1. The maximum absolute atomic E-state index is 11.7. The largest absolute Gasteiger partial charge is 0.481 e. The van der Waals surface area contributed by atoms with E-state index in [9.17, 15) is 9.90 Å². The number of nitrogens with one attached hydrogen (secondary N) is 2. The zero-order chi connectivity index (χ0) is 14.8. The number of carboxylic acid groups (broad SMARTS) is 1. The van der Waals surface area contributed by atoms with Crippen molar-refractivity contribution in [2.24, 2.45) is 0 Å². The topological polar surface area (TPSA) is 119 Å². The first-order chi connectivity index (χ1) is 10.1. The lowest BCUT2D eigenvalue weighted by molar-refractivity contribution is -0.347. The number of anilines is 1. The number of benzene rings is 1. The Hall–Kier alpha value is -2.96. The first-order valence-corrected chi connectivity index (χ1v) is 6.44. The average molecular weight is 284 g/mol. The minimum atomic E-state index is -0.951. The van der Waals surface area contributed by atoms with Crippen molar-refractivity contribution in [3.05, 3.63) is 47.9 Å². The van der Waals surface area contributed by atoms with E-state index in [0.29, 0.717) is 23.3 Å². The van der Waals surface area contributed by atoms with Gasteiger partial charge in [-0.1, -0.05) is 35.3 Å². The minimum absolute atomic E-state index is 0.0488. The Morgan fingerprint density at radius 1 is 1.33 bits per heavy atom. The van der Waals surface area contributed by atoms with Crippen LogP contribution < -0.4 is 10.7 Å². The van der Waals surface area contributed by atoms with Crippen LogP contribution in [0.4, 0.5) is 5.95 Å². The van der Waals surface area contributed by atoms with Crippen molar-refractivity contribution in [2.45, 2.75) is 12.3 Å². The van der Waals surface area contributed by atoms with Gasteiger partial charge in [-0.15, -0.1) is 0 Å². The van der Waals surface area contributed by atoms with Gasteiger partial charge < -0.3 is 10.8 Å². The van der Waals surface area contributed by atoms with Crippen LogP contribution in [0.25, 0.3) is 11.2 Å². The van der Waals surface area contributed by atoms with E-state index in [1.807, 2.05) is 30.3 Å². The highest BCUT2D eigenvalue weighted by molar-refractivity contribution is 5.82. The normalized spacial score (nSPS) is 12.4. The molecule has 0 amide bonds. The number of carboxylic acids is 1. The summed E-state index contributed by atoms with van der Waals surface area (Å²) in [5.74, 6) is -1.70. The van der Waals surface area contributed by atoms with E-state index in [2.05, 4.69) is 19.9 Å². The highest BCUT2D eigenvalue weighted by atomic mass is 16.4.